The zero-order valence-corrected chi connectivity index (χ0v) is 31.5. The molecule has 0 bridgehead atoms. The molecule has 7 nitrogen and oxygen atoms in total. The molecule has 0 aromatic heterocycles. The van der Waals surface area contributed by atoms with E-state index in [-0.39, 0.29) is 18.0 Å². The van der Waals surface area contributed by atoms with Crippen LogP contribution in [0, 0.1) is 0 Å². The molecular weight excluding hydrogens is 679 g/mol. The summed E-state index contributed by atoms with van der Waals surface area (Å²) in [5.41, 5.74) is 5.44. The highest BCUT2D eigenvalue weighted by Gasteiger charge is 2.38. The van der Waals surface area contributed by atoms with E-state index < -0.39 is 16.4 Å². The molecule has 8 heteroatoms. The van der Waals surface area contributed by atoms with Crippen molar-refractivity contribution < 1.29 is 19.1 Å². The van der Waals surface area contributed by atoms with E-state index in [9.17, 15) is 9.59 Å². The lowest BCUT2D eigenvalue weighted by Crippen LogP contribution is -2.47. The number of rotatable bonds is 14. The van der Waals surface area contributed by atoms with Crippen LogP contribution in [0.15, 0.2) is 140 Å². The number of thioether (sulfide) groups is 1. The first kappa shape index (κ1) is 37.7. The molecule has 1 heterocycles. The second-order valence-electron chi connectivity index (χ2n) is 14.2. The average Bonchev–Trinajstić information content (AvgIpc) is 3.17. The highest BCUT2D eigenvalue weighted by Crippen LogP contribution is 2.48. The van der Waals surface area contributed by atoms with E-state index in [4.69, 9.17) is 9.47 Å². The van der Waals surface area contributed by atoms with Crippen molar-refractivity contribution in [1.29, 1.82) is 0 Å². The Kier molecular flexibility index (Phi) is 12.6. The third-order valence-electron chi connectivity index (χ3n) is 9.23. The number of para-hydroxylation sites is 1. The fourth-order valence-corrected chi connectivity index (χ4v) is 8.34. The number of hydrogen-bond acceptors (Lipinski definition) is 6. The van der Waals surface area contributed by atoms with Gasteiger partial charge < -0.3 is 25.4 Å². The maximum Gasteiger partial charge on any atom is 0.407 e. The number of carbonyl (C=O) groups is 2. The highest BCUT2D eigenvalue weighted by atomic mass is 32.2. The number of carbonyl (C=O) groups excluding carboxylic acids is 2. The summed E-state index contributed by atoms with van der Waals surface area (Å²) in [6, 6.07) is 47.1. The van der Waals surface area contributed by atoms with Crippen molar-refractivity contribution >= 4 is 23.8 Å². The van der Waals surface area contributed by atoms with E-state index in [0.717, 1.165) is 35.1 Å². The van der Waals surface area contributed by atoms with E-state index in [1.165, 1.54) is 5.56 Å². The van der Waals surface area contributed by atoms with E-state index in [0.29, 0.717) is 36.8 Å². The number of ether oxygens (including phenoxy) is 2. The number of amides is 2. The molecule has 5 aromatic carbocycles. The van der Waals surface area contributed by atoms with Crippen molar-refractivity contribution in [3.63, 3.8) is 0 Å². The highest BCUT2D eigenvalue weighted by molar-refractivity contribution is 8.00. The predicted molar refractivity (Wildman–Crippen MR) is 215 cm³/mol. The van der Waals surface area contributed by atoms with Gasteiger partial charge in [-0.3, -0.25) is 4.79 Å². The number of nitrogens with one attached hydrogen (secondary N) is 3. The lowest BCUT2D eigenvalue weighted by Gasteiger charge is -2.37. The van der Waals surface area contributed by atoms with Crippen LogP contribution in [-0.2, 0) is 15.9 Å². The van der Waals surface area contributed by atoms with Gasteiger partial charge in [-0.1, -0.05) is 133 Å². The van der Waals surface area contributed by atoms with E-state index in [1.54, 1.807) is 11.8 Å². The molecule has 2 atom stereocenters. The molecular formula is C45H49N3O4S. The summed E-state index contributed by atoms with van der Waals surface area (Å²) >= 11 is 1.79. The van der Waals surface area contributed by atoms with Crippen molar-refractivity contribution in [2.75, 3.05) is 25.4 Å². The minimum atomic E-state index is -0.644. The zero-order valence-electron chi connectivity index (χ0n) is 30.7. The normalized spacial score (nSPS) is 14.7. The minimum absolute atomic E-state index is 0.0779. The molecule has 6 rings (SSSR count). The Morgan fingerprint density at radius 2 is 1.34 bits per heavy atom. The minimum Gasteiger partial charge on any atom is -0.492 e. The molecule has 5 aromatic rings. The molecule has 274 valence electrons. The molecule has 0 aliphatic carbocycles. The molecule has 0 fully saturated rings. The Morgan fingerprint density at radius 1 is 0.774 bits per heavy atom. The van der Waals surface area contributed by atoms with Crippen LogP contribution in [-0.4, -0.2) is 49.1 Å². The Balaban J connectivity index is 1.24. The second-order valence-corrected chi connectivity index (χ2v) is 15.5. The second kappa shape index (κ2) is 17.6. The molecule has 1 aliphatic heterocycles. The van der Waals surface area contributed by atoms with Gasteiger partial charge in [0.1, 0.15) is 11.4 Å². The number of hydrogen-bond donors (Lipinski definition) is 3. The lowest BCUT2D eigenvalue weighted by molar-refractivity contribution is 0.0507. The Hall–Kier alpha value is -5.05. The van der Waals surface area contributed by atoms with E-state index >= 15 is 0 Å². The van der Waals surface area contributed by atoms with Crippen LogP contribution in [0.25, 0.3) is 0 Å². The first-order chi connectivity index (χ1) is 25.7. The molecule has 1 aliphatic rings. The fourth-order valence-electron chi connectivity index (χ4n) is 6.78. The lowest BCUT2D eigenvalue weighted by atomic mass is 9.84. The van der Waals surface area contributed by atoms with Crippen molar-refractivity contribution in [3.8, 4) is 5.75 Å². The predicted octanol–water partition coefficient (Wildman–Crippen LogP) is 8.69. The van der Waals surface area contributed by atoms with E-state index in [2.05, 4.69) is 101 Å². The molecule has 2 amide bonds. The topological polar surface area (TPSA) is 88.7 Å². The van der Waals surface area contributed by atoms with Crippen LogP contribution in [0.5, 0.6) is 5.75 Å². The molecule has 0 radical (unpaired) electrons. The van der Waals surface area contributed by atoms with Gasteiger partial charge >= 0.3 is 6.09 Å². The van der Waals surface area contributed by atoms with Crippen LogP contribution < -0.4 is 20.7 Å². The van der Waals surface area contributed by atoms with Gasteiger partial charge in [-0.25, -0.2) is 4.79 Å². The monoisotopic (exact) mass is 727 g/mol. The van der Waals surface area contributed by atoms with Crippen LogP contribution in [0.1, 0.15) is 71.4 Å². The smallest absolute Gasteiger partial charge is 0.407 e. The van der Waals surface area contributed by atoms with Gasteiger partial charge in [0.2, 0.25) is 0 Å². The summed E-state index contributed by atoms with van der Waals surface area (Å²) in [5, 5.41) is 10.00. The van der Waals surface area contributed by atoms with Gasteiger partial charge in [0.25, 0.3) is 5.91 Å². The maximum atomic E-state index is 13.4. The fraction of sp³-hybridized carbons (Fsp3) is 0.289. The van der Waals surface area contributed by atoms with Gasteiger partial charge in [0, 0.05) is 36.9 Å². The summed E-state index contributed by atoms with van der Waals surface area (Å²) in [6.45, 7) is 7.08. The third-order valence-corrected chi connectivity index (χ3v) is 10.9. The summed E-state index contributed by atoms with van der Waals surface area (Å²) in [7, 11) is 0. The summed E-state index contributed by atoms with van der Waals surface area (Å²) in [4.78, 5) is 26.7. The largest absolute Gasteiger partial charge is 0.492 e. The maximum absolute atomic E-state index is 13.4. The standard InChI is InChI=1S/C45H49N3O4S/c1-44(2,3)52-43(50)48-37(32-53-45(34-19-10-5-11-20-34,35-21-12-6-13-22-35)36-23-14-7-15-24-36)31-47-40-28-30-51-41-38(40)25-16-26-39(41)42(49)46-29-27-33-17-8-4-9-18-33/h4-26,37,40,47H,27-32H2,1-3H3,(H,46,49)(H,48,50). The zero-order chi connectivity index (χ0) is 37.1. The van der Waals surface area contributed by atoms with Crippen LogP contribution in [0.4, 0.5) is 4.79 Å². The van der Waals surface area contributed by atoms with Crippen LogP contribution >= 0.6 is 11.8 Å². The first-order valence-corrected chi connectivity index (χ1v) is 19.3. The summed E-state index contributed by atoms with van der Waals surface area (Å²) in [6.07, 6.45) is 1.01. The first-order valence-electron chi connectivity index (χ1n) is 18.3. The van der Waals surface area contributed by atoms with Crippen molar-refractivity contribution in [3.05, 3.63) is 173 Å². The molecule has 0 saturated heterocycles. The summed E-state index contributed by atoms with van der Waals surface area (Å²) in [5.74, 6) is 1.03. The van der Waals surface area contributed by atoms with Gasteiger partial charge in [0.15, 0.2) is 0 Å². The van der Waals surface area contributed by atoms with Gasteiger partial charge in [0.05, 0.1) is 23.0 Å². The molecule has 0 spiro atoms. The van der Waals surface area contributed by atoms with Crippen LogP contribution in [0.2, 0.25) is 0 Å². The average molecular weight is 728 g/mol. The van der Waals surface area contributed by atoms with Crippen molar-refractivity contribution in [2.24, 2.45) is 0 Å². The molecule has 53 heavy (non-hydrogen) atoms. The Bertz CT molecular complexity index is 1820. The SMILES string of the molecule is CC(C)(C)OC(=O)NC(CNC1CCOc2c(C(=O)NCCc3ccccc3)cccc21)CSC(c1ccccc1)(c1ccccc1)c1ccccc1. The van der Waals surface area contributed by atoms with Crippen molar-refractivity contribution in [2.45, 2.75) is 56.0 Å². The summed E-state index contributed by atoms with van der Waals surface area (Å²) < 4.78 is 11.3. The van der Waals surface area contributed by atoms with E-state index in [1.807, 2.05) is 75.4 Å². The molecule has 2 unspecified atom stereocenters. The molecule has 3 N–H and O–H groups in total. The molecule has 0 saturated carbocycles. The number of benzene rings is 5. The van der Waals surface area contributed by atoms with Gasteiger partial charge in [-0.05, 0) is 55.5 Å². The van der Waals surface area contributed by atoms with Crippen LogP contribution in [0.3, 0.4) is 0 Å². The Morgan fingerprint density at radius 3 is 1.91 bits per heavy atom. The Labute approximate surface area is 317 Å². The quantitative estimate of drug-likeness (QED) is 0.0993. The van der Waals surface area contributed by atoms with Gasteiger partial charge in [-0.15, -0.1) is 11.8 Å². The third kappa shape index (κ3) is 9.69. The number of fused-ring (bicyclic) bond motifs is 1. The van der Waals surface area contributed by atoms with Crippen molar-refractivity contribution in [1.82, 2.24) is 16.0 Å². The number of alkyl carbamates (subject to hydrolysis) is 1. The van der Waals surface area contributed by atoms with Gasteiger partial charge in [-0.2, -0.15) is 0 Å².